The second-order valence-electron chi connectivity index (χ2n) is 2.88. The Balaban J connectivity index is 2.31. The van der Waals surface area contributed by atoms with Crippen LogP contribution >= 0.6 is 0 Å². The Labute approximate surface area is 81.2 Å². The van der Waals surface area contributed by atoms with E-state index in [4.69, 9.17) is 5.21 Å². The van der Waals surface area contributed by atoms with Crippen LogP contribution in [-0.2, 0) is 0 Å². The van der Waals surface area contributed by atoms with Crippen LogP contribution < -0.4 is 5.23 Å². The molecule has 1 heterocycles. The molecule has 0 saturated heterocycles. The summed E-state index contributed by atoms with van der Waals surface area (Å²) in [5.41, 5.74) is 1.17. The van der Waals surface area contributed by atoms with Crippen LogP contribution in [0.25, 0.3) is 5.69 Å². The van der Waals surface area contributed by atoms with Crippen LogP contribution in [-0.4, -0.2) is 9.77 Å². The molecule has 0 aliphatic heterocycles. The minimum atomic E-state index is -0.153. The van der Waals surface area contributed by atoms with Crippen molar-refractivity contribution in [1.82, 2.24) is 4.57 Å². The van der Waals surface area contributed by atoms with Crippen molar-refractivity contribution in [2.45, 2.75) is 0 Å². The molecule has 2 rings (SSSR count). The molecule has 72 valence electrons. The maximum atomic E-state index is 10.5. The Morgan fingerprint density at radius 1 is 1.07 bits per heavy atom. The lowest BCUT2D eigenvalue weighted by molar-refractivity contribution is 0.296. The SMILES string of the molecule is [O-]N(O)c1ccc(-n2cccc2)cc1. The average molecular weight is 189 g/mol. The van der Waals surface area contributed by atoms with E-state index in [0.717, 1.165) is 5.69 Å². The van der Waals surface area contributed by atoms with E-state index < -0.39 is 0 Å². The summed E-state index contributed by atoms with van der Waals surface area (Å²) in [5.74, 6) is 0. The predicted molar refractivity (Wildman–Crippen MR) is 53.4 cm³/mol. The molecule has 0 aliphatic rings. The van der Waals surface area contributed by atoms with Crippen LogP contribution in [0.15, 0.2) is 48.8 Å². The molecule has 0 saturated carbocycles. The molecule has 1 N–H and O–H groups in total. The third-order valence-corrected chi connectivity index (χ3v) is 1.97. The molecule has 0 unspecified atom stereocenters. The summed E-state index contributed by atoms with van der Waals surface area (Å²) in [4.78, 5) is 0. The molecular formula is C10H9N2O2-. The molecule has 0 fully saturated rings. The Bertz CT molecular complexity index is 393. The van der Waals surface area contributed by atoms with Crippen molar-refractivity contribution in [3.05, 3.63) is 54.0 Å². The number of benzene rings is 1. The van der Waals surface area contributed by atoms with Crippen molar-refractivity contribution in [1.29, 1.82) is 0 Å². The number of anilines is 1. The van der Waals surface area contributed by atoms with Crippen LogP contribution in [0.5, 0.6) is 0 Å². The summed E-state index contributed by atoms with van der Waals surface area (Å²) in [7, 11) is 0. The maximum Gasteiger partial charge on any atom is 0.0510 e. The largest absolute Gasteiger partial charge is 0.733 e. The van der Waals surface area contributed by atoms with E-state index in [2.05, 4.69) is 0 Å². The van der Waals surface area contributed by atoms with E-state index >= 15 is 0 Å². The highest BCUT2D eigenvalue weighted by Gasteiger charge is 1.95. The van der Waals surface area contributed by atoms with Gasteiger partial charge in [-0.05, 0) is 36.4 Å². The second-order valence-corrected chi connectivity index (χ2v) is 2.88. The van der Waals surface area contributed by atoms with Crippen LogP contribution in [0.2, 0.25) is 0 Å². The van der Waals surface area contributed by atoms with E-state index in [1.54, 1.807) is 24.3 Å². The monoisotopic (exact) mass is 189 g/mol. The van der Waals surface area contributed by atoms with Crippen LogP contribution in [0, 0.1) is 5.21 Å². The van der Waals surface area contributed by atoms with Crippen molar-refractivity contribution in [2.24, 2.45) is 0 Å². The fourth-order valence-electron chi connectivity index (χ4n) is 1.26. The first-order valence-corrected chi connectivity index (χ1v) is 4.17. The quantitative estimate of drug-likeness (QED) is 0.736. The van der Waals surface area contributed by atoms with Crippen LogP contribution in [0.4, 0.5) is 5.69 Å². The lowest BCUT2D eigenvalue weighted by atomic mass is 10.3. The van der Waals surface area contributed by atoms with E-state index in [9.17, 15) is 5.21 Å². The van der Waals surface area contributed by atoms with Gasteiger partial charge in [0.25, 0.3) is 0 Å². The van der Waals surface area contributed by atoms with Crippen LogP contribution in [0.1, 0.15) is 0 Å². The van der Waals surface area contributed by atoms with Gasteiger partial charge < -0.3 is 15.0 Å². The summed E-state index contributed by atoms with van der Waals surface area (Å²) >= 11 is 0. The Morgan fingerprint density at radius 3 is 2.14 bits per heavy atom. The average Bonchev–Trinajstić information content (AvgIpc) is 2.71. The van der Waals surface area contributed by atoms with Gasteiger partial charge in [0, 0.05) is 18.1 Å². The van der Waals surface area contributed by atoms with Gasteiger partial charge in [-0.15, -0.1) is 0 Å². The third-order valence-electron chi connectivity index (χ3n) is 1.97. The van der Waals surface area contributed by atoms with Gasteiger partial charge in [-0.3, -0.25) is 5.21 Å². The number of hydrogen-bond donors (Lipinski definition) is 1. The molecule has 0 aliphatic carbocycles. The van der Waals surface area contributed by atoms with Gasteiger partial charge >= 0.3 is 0 Å². The highest BCUT2D eigenvalue weighted by atomic mass is 16.8. The Morgan fingerprint density at radius 2 is 1.64 bits per heavy atom. The summed E-state index contributed by atoms with van der Waals surface area (Å²) in [6.45, 7) is 0. The highest BCUT2D eigenvalue weighted by Crippen LogP contribution is 2.15. The first-order valence-electron chi connectivity index (χ1n) is 4.17. The van der Waals surface area contributed by atoms with E-state index in [1.807, 2.05) is 29.1 Å². The fourth-order valence-corrected chi connectivity index (χ4v) is 1.26. The Hall–Kier alpha value is -1.78. The smallest absolute Gasteiger partial charge is 0.0510 e. The normalized spacial score (nSPS) is 10.1. The predicted octanol–water partition coefficient (Wildman–Crippen LogP) is 2.17. The van der Waals surface area contributed by atoms with Gasteiger partial charge in [-0.1, -0.05) is 0 Å². The zero-order valence-electron chi connectivity index (χ0n) is 7.37. The molecule has 0 bridgehead atoms. The minimum absolute atomic E-state index is 0.153. The summed E-state index contributed by atoms with van der Waals surface area (Å²) < 4.78 is 1.91. The molecule has 4 heteroatoms. The summed E-state index contributed by atoms with van der Waals surface area (Å²) in [5, 5.41) is 19.0. The number of rotatable bonds is 2. The third kappa shape index (κ3) is 1.61. The van der Waals surface area contributed by atoms with Crippen molar-refractivity contribution >= 4 is 5.69 Å². The van der Waals surface area contributed by atoms with Gasteiger partial charge in [0.15, 0.2) is 0 Å². The van der Waals surface area contributed by atoms with Gasteiger partial charge in [-0.25, -0.2) is 0 Å². The topological polar surface area (TPSA) is 51.5 Å². The lowest BCUT2D eigenvalue weighted by Crippen LogP contribution is -2.06. The van der Waals surface area contributed by atoms with Crippen molar-refractivity contribution < 1.29 is 5.21 Å². The minimum Gasteiger partial charge on any atom is -0.733 e. The second kappa shape index (κ2) is 3.53. The summed E-state index contributed by atoms with van der Waals surface area (Å²) in [6.07, 6.45) is 3.81. The molecular weight excluding hydrogens is 180 g/mol. The van der Waals surface area contributed by atoms with Crippen molar-refractivity contribution in [2.75, 3.05) is 5.23 Å². The van der Waals surface area contributed by atoms with E-state index in [-0.39, 0.29) is 10.9 Å². The number of hydrogen-bond acceptors (Lipinski definition) is 3. The molecule has 2 aromatic rings. The molecule has 1 aromatic heterocycles. The zero-order chi connectivity index (χ0) is 9.97. The maximum absolute atomic E-state index is 10.5. The van der Waals surface area contributed by atoms with E-state index in [1.165, 1.54) is 0 Å². The standard InChI is InChI=1S/C10H9N2O2/c13-12(14)10-5-3-9(4-6-10)11-7-1-2-8-11/h1-8,13H/q-1. The van der Waals surface area contributed by atoms with E-state index in [0.29, 0.717) is 0 Å². The molecule has 0 spiro atoms. The summed E-state index contributed by atoms with van der Waals surface area (Å²) in [6, 6.07) is 10.5. The van der Waals surface area contributed by atoms with Gasteiger partial charge in [-0.2, -0.15) is 0 Å². The number of nitrogens with zero attached hydrogens (tertiary/aromatic N) is 2. The molecule has 0 atom stereocenters. The van der Waals surface area contributed by atoms with Gasteiger partial charge in [0.2, 0.25) is 0 Å². The Kier molecular flexibility index (Phi) is 2.22. The molecule has 0 amide bonds. The molecule has 14 heavy (non-hydrogen) atoms. The van der Waals surface area contributed by atoms with Gasteiger partial charge in [0.1, 0.15) is 0 Å². The van der Waals surface area contributed by atoms with Crippen LogP contribution in [0.3, 0.4) is 0 Å². The van der Waals surface area contributed by atoms with Gasteiger partial charge in [0.05, 0.1) is 5.69 Å². The molecule has 0 radical (unpaired) electrons. The fraction of sp³-hybridized carbons (Fsp3) is 0. The lowest BCUT2D eigenvalue weighted by Gasteiger charge is -2.21. The van der Waals surface area contributed by atoms with Crippen molar-refractivity contribution in [3.63, 3.8) is 0 Å². The van der Waals surface area contributed by atoms with Crippen molar-refractivity contribution in [3.8, 4) is 5.69 Å². The molecule has 4 nitrogen and oxygen atoms in total. The highest BCUT2D eigenvalue weighted by molar-refractivity contribution is 5.49. The zero-order valence-corrected chi connectivity index (χ0v) is 7.37. The molecule has 1 aromatic carbocycles. The first kappa shape index (κ1) is 8.80. The number of aromatic nitrogens is 1. The first-order chi connectivity index (χ1) is 6.77.